The molecule has 1 aliphatic rings. The number of aldehydes is 1. The molecule has 1 aromatic rings. The number of hydrogen-bond acceptors (Lipinski definition) is 4. The van der Waals surface area contributed by atoms with Crippen molar-refractivity contribution in [3.63, 3.8) is 0 Å². The second-order valence-electron chi connectivity index (χ2n) is 4.73. The summed E-state index contributed by atoms with van der Waals surface area (Å²) in [5.74, 6) is 0.254. The minimum Gasteiger partial charge on any atom is -0.302 e. The van der Waals surface area contributed by atoms with Crippen LogP contribution in [0, 0.1) is 0 Å². The van der Waals surface area contributed by atoms with Gasteiger partial charge in [0.2, 0.25) is 0 Å². The van der Waals surface area contributed by atoms with E-state index >= 15 is 0 Å². The second kappa shape index (κ2) is 5.20. The Morgan fingerprint density at radius 1 is 1.39 bits per heavy atom. The minimum atomic E-state index is -3.07. The van der Waals surface area contributed by atoms with E-state index < -0.39 is 9.84 Å². The van der Waals surface area contributed by atoms with Crippen molar-refractivity contribution < 1.29 is 13.2 Å². The molecule has 0 aliphatic carbocycles. The summed E-state index contributed by atoms with van der Waals surface area (Å²) in [5.41, 5.74) is 1.97. The molecule has 0 fully saturated rings. The maximum absolute atomic E-state index is 11.9. The van der Waals surface area contributed by atoms with E-state index in [-0.39, 0.29) is 5.75 Å². The fraction of sp³-hybridized carbons (Fsp3) is 0.462. The zero-order valence-corrected chi connectivity index (χ0v) is 11.2. The van der Waals surface area contributed by atoms with Crippen molar-refractivity contribution in [2.24, 2.45) is 0 Å². The first-order chi connectivity index (χ1) is 8.53. The van der Waals surface area contributed by atoms with Crippen LogP contribution in [0.4, 0.5) is 0 Å². The quantitative estimate of drug-likeness (QED) is 0.765. The number of fused-ring (bicyclic) bond motifs is 1. The monoisotopic (exact) mass is 267 g/mol. The molecule has 0 N–H and O–H groups in total. The SMILES string of the molecule is CN(CC=O)Cc1ccc2c(c1)CCCS2(=O)=O. The molecule has 0 saturated carbocycles. The molecule has 0 spiro atoms. The fourth-order valence-electron chi connectivity index (χ4n) is 2.30. The van der Waals surface area contributed by atoms with Gasteiger partial charge in [0.1, 0.15) is 6.29 Å². The number of benzene rings is 1. The predicted octanol–water partition coefficient (Wildman–Crippen LogP) is 1.04. The summed E-state index contributed by atoms with van der Waals surface area (Å²) in [6, 6.07) is 5.49. The Balaban J connectivity index is 2.25. The lowest BCUT2D eigenvalue weighted by Crippen LogP contribution is -2.21. The van der Waals surface area contributed by atoms with E-state index in [1.54, 1.807) is 6.07 Å². The van der Waals surface area contributed by atoms with E-state index in [2.05, 4.69) is 0 Å². The van der Waals surface area contributed by atoms with Crippen LogP contribution >= 0.6 is 0 Å². The van der Waals surface area contributed by atoms with Gasteiger partial charge in [-0.15, -0.1) is 0 Å². The summed E-state index contributed by atoms with van der Waals surface area (Å²) in [4.78, 5) is 12.8. The maximum atomic E-state index is 11.9. The predicted molar refractivity (Wildman–Crippen MR) is 69.2 cm³/mol. The van der Waals surface area contributed by atoms with Gasteiger partial charge in [0.05, 0.1) is 17.2 Å². The number of sulfone groups is 1. The third kappa shape index (κ3) is 2.79. The average molecular weight is 267 g/mol. The largest absolute Gasteiger partial charge is 0.302 e. The van der Waals surface area contributed by atoms with Crippen LogP contribution < -0.4 is 0 Å². The van der Waals surface area contributed by atoms with Gasteiger partial charge in [0.15, 0.2) is 9.84 Å². The smallest absolute Gasteiger partial charge is 0.178 e. The molecular formula is C13H17NO3S. The van der Waals surface area contributed by atoms with E-state index in [4.69, 9.17) is 0 Å². The lowest BCUT2D eigenvalue weighted by molar-refractivity contribution is -0.108. The highest BCUT2D eigenvalue weighted by Crippen LogP contribution is 2.26. The zero-order chi connectivity index (χ0) is 13.2. The summed E-state index contributed by atoms with van der Waals surface area (Å²) in [5, 5.41) is 0. The third-order valence-corrected chi connectivity index (χ3v) is 5.05. The first-order valence-corrected chi connectivity index (χ1v) is 7.65. The van der Waals surface area contributed by atoms with E-state index in [1.165, 1.54) is 0 Å². The zero-order valence-electron chi connectivity index (χ0n) is 10.4. The molecule has 0 saturated heterocycles. The Morgan fingerprint density at radius 3 is 2.89 bits per heavy atom. The molecule has 0 aromatic heterocycles. The van der Waals surface area contributed by atoms with Gasteiger partial charge in [-0.3, -0.25) is 4.90 Å². The molecule has 5 heteroatoms. The van der Waals surface area contributed by atoms with E-state index in [1.807, 2.05) is 24.1 Å². The van der Waals surface area contributed by atoms with Crippen molar-refractivity contribution in [2.75, 3.05) is 19.3 Å². The van der Waals surface area contributed by atoms with Crippen LogP contribution in [0.3, 0.4) is 0 Å². The molecule has 4 nitrogen and oxygen atoms in total. The Labute approximate surface area is 108 Å². The highest BCUT2D eigenvalue weighted by Gasteiger charge is 2.23. The van der Waals surface area contributed by atoms with Crippen molar-refractivity contribution in [1.82, 2.24) is 4.90 Å². The van der Waals surface area contributed by atoms with E-state index in [0.29, 0.717) is 24.4 Å². The number of nitrogens with zero attached hydrogens (tertiary/aromatic N) is 1. The van der Waals surface area contributed by atoms with Gasteiger partial charge in [-0.2, -0.15) is 0 Å². The Bertz CT molecular complexity index is 551. The highest BCUT2D eigenvalue weighted by molar-refractivity contribution is 7.91. The number of aryl methyl sites for hydroxylation is 1. The molecule has 0 bridgehead atoms. The summed E-state index contributed by atoms with van der Waals surface area (Å²) >= 11 is 0. The molecule has 0 unspecified atom stereocenters. The molecular weight excluding hydrogens is 250 g/mol. The van der Waals surface area contributed by atoms with E-state index in [9.17, 15) is 13.2 Å². The summed E-state index contributed by atoms with van der Waals surface area (Å²) in [6.07, 6.45) is 2.38. The molecule has 98 valence electrons. The molecule has 18 heavy (non-hydrogen) atoms. The molecule has 0 atom stereocenters. The van der Waals surface area contributed by atoms with Crippen LogP contribution in [0.25, 0.3) is 0 Å². The van der Waals surface area contributed by atoms with Crippen LogP contribution in [0.15, 0.2) is 23.1 Å². The topological polar surface area (TPSA) is 54.5 Å². The van der Waals surface area contributed by atoms with Crippen LogP contribution in [-0.2, 0) is 27.6 Å². The number of carbonyl (C=O) groups excluding carboxylic acids is 1. The minimum absolute atomic E-state index is 0.254. The summed E-state index contributed by atoms with van der Waals surface area (Å²) < 4.78 is 23.7. The van der Waals surface area contributed by atoms with Gasteiger partial charge in [-0.05, 0) is 37.1 Å². The first kappa shape index (κ1) is 13.2. The van der Waals surface area contributed by atoms with Gasteiger partial charge < -0.3 is 4.79 Å². The maximum Gasteiger partial charge on any atom is 0.178 e. The van der Waals surface area contributed by atoms with Gasteiger partial charge in [0, 0.05) is 6.54 Å². The van der Waals surface area contributed by atoms with Crippen molar-refractivity contribution in [2.45, 2.75) is 24.3 Å². The number of likely N-dealkylation sites (N-methyl/N-ethyl adjacent to an activating group) is 1. The van der Waals surface area contributed by atoms with Crippen LogP contribution in [-0.4, -0.2) is 38.9 Å². The fourth-order valence-corrected chi connectivity index (χ4v) is 3.88. The third-order valence-electron chi connectivity index (χ3n) is 3.16. The van der Waals surface area contributed by atoms with Crippen molar-refractivity contribution in [3.8, 4) is 0 Å². The van der Waals surface area contributed by atoms with Crippen molar-refractivity contribution >= 4 is 16.1 Å². The highest BCUT2D eigenvalue weighted by atomic mass is 32.2. The Kier molecular flexibility index (Phi) is 3.82. The van der Waals surface area contributed by atoms with Gasteiger partial charge in [-0.25, -0.2) is 8.42 Å². The van der Waals surface area contributed by atoms with Crippen LogP contribution in [0.2, 0.25) is 0 Å². The van der Waals surface area contributed by atoms with Gasteiger partial charge in [-0.1, -0.05) is 12.1 Å². The summed E-state index contributed by atoms with van der Waals surface area (Å²) in [7, 11) is -1.20. The first-order valence-electron chi connectivity index (χ1n) is 5.99. The van der Waals surface area contributed by atoms with E-state index in [0.717, 1.165) is 23.8 Å². The summed E-state index contributed by atoms with van der Waals surface area (Å²) in [6.45, 7) is 1.04. The molecule has 0 amide bonds. The lowest BCUT2D eigenvalue weighted by Gasteiger charge is -2.19. The molecule has 1 heterocycles. The molecule has 0 radical (unpaired) electrons. The molecule has 2 rings (SSSR count). The number of hydrogen-bond donors (Lipinski definition) is 0. The van der Waals surface area contributed by atoms with Gasteiger partial charge >= 0.3 is 0 Å². The molecule has 1 aliphatic heterocycles. The Morgan fingerprint density at radius 2 is 2.17 bits per heavy atom. The van der Waals surface area contributed by atoms with Crippen molar-refractivity contribution in [1.29, 1.82) is 0 Å². The normalized spacial score (nSPS) is 17.4. The second-order valence-corrected chi connectivity index (χ2v) is 6.81. The van der Waals surface area contributed by atoms with Crippen LogP contribution in [0.5, 0.6) is 0 Å². The van der Waals surface area contributed by atoms with Crippen LogP contribution in [0.1, 0.15) is 17.5 Å². The van der Waals surface area contributed by atoms with Gasteiger partial charge in [0.25, 0.3) is 0 Å². The number of rotatable bonds is 4. The standard InChI is InChI=1S/C13H17NO3S/c1-14(6-7-15)10-11-4-5-13-12(9-11)3-2-8-18(13,16)17/h4-5,7,9H,2-3,6,8,10H2,1H3. The Hall–Kier alpha value is -1.20. The van der Waals surface area contributed by atoms with Crippen molar-refractivity contribution in [3.05, 3.63) is 29.3 Å². The number of carbonyl (C=O) groups is 1. The molecule has 1 aromatic carbocycles. The average Bonchev–Trinajstić information content (AvgIpc) is 2.28. The lowest BCUT2D eigenvalue weighted by atomic mass is 10.1.